The first-order chi connectivity index (χ1) is 13.7. The third-order valence-corrected chi connectivity index (χ3v) is 8.50. The van der Waals surface area contributed by atoms with E-state index in [1.807, 2.05) is 6.92 Å². The van der Waals surface area contributed by atoms with E-state index in [-0.39, 0.29) is 58.9 Å². The Bertz CT molecular complexity index is 652. The summed E-state index contributed by atoms with van der Waals surface area (Å²) < 4.78 is 24.5. The second-order valence-electron chi connectivity index (χ2n) is 8.99. The molecule has 164 valence electrons. The maximum Gasteiger partial charge on any atom is 0.246 e. The van der Waals surface area contributed by atoms with Crippen molar-refractivity contribution < 1.29 is 23.5 Å². The van der Waals surface area contributed by atoms with E-state index in [0.29, 0.717) is 12.8 Å². The third-order valence-electron chi connectivity index (χ3n) is 6.51. The number of thioether (sulfide) groups is 1. The van der Waals surface area contributed by atoms with Crippen LogP contribution in [0.1, 0.15) is 45.4 Å². The SMILES string of the molecule is COC1NC(C)C(C(=O)NC23CC(NC(=O)COC4CCC(Cl)C(F)C4)(C2)C3)S1. The smallest absolute Gasteiger partial charge is 0.246 e. The number of halogens is 2. The standard InChI is InChI=1S/C19H29ClFN3O4S/c1-10-15(29-17(22-10)27-2)16(26)24-19-7-18(8-19,9-19)23-14(25)6-28-11-3-4-12(20)13(21)5-11/h10-13,15,17,22H,3-9H2,1-2H3,(H,23,25)(H,24,26). The van der Waals surface area contributed by atoms with Gasteiger partial charge < -0.3 is 20.1 Å². The number of nitrogens with one attached hydrogen (secondary N) is 3. The number of carbonyl (C=O) groups is 2. The second-order valence-corrected chi connectivity index (χ2v) is 10.8. The highest BCUT2D eigenvalue weighted by Crippen LogP contribution is 2.60. The quantitative estimate of drug-likeness (QED) is 0.510. The molecule has 10 heteroatoms. The van der Waals surface area contributed by atoms with Gasteiger partial charge in [-0.1, -0.05) is 11.8 Å². The molecule has 4 saturated carbocycles. The van der Waals surface area contributed by atoms with Gasteiger partial charge in [0.2, 0.25) is 11.8 Å². The van der Waals surface area contributed by atoms with Crippen LogP contribution in [0.4, 0.5) is 4.39 Å². The first kappa shape index (κ1) is 21.6. The highest BCUT2D eigenvalue weighted by Gasteiger charge is 2.69. The second kappa shape index (κ2) is 8.15. The van der Waals surface area contributed by atoms with Crippen LogP contribution in [0.5, 0.6) is 0 Å². The van der Waals surface area contributed by atoms with E-state index in [4.69, 9.17) is 21.1 Å². The van der Waals surface area contributed by atoms with Gasteiger partial charge in [0, 0.05) is 30.7 Å². The lowest BCUT2D eigenvalue weighted by Gasteiger charge is -2.70. The molecule has 5 aliphatic rings. The zero-order chi connectivity index (χ0) is 20.8. The molecule has 6 atom stereocenters. The molecule has 0 aromatic carbocycles. The Kier molecular flexibility index (Phi) is 6.07. The summed E-state index contributed by atoms with van der Waals surface area (Å²) in [6, 6.07) is 0.0425. The summed E-state index contributed by atoms with van der Waals surface area (Å²) in [5.74, 6) is -0.159. The lowest BCUT2D eigenvalue weighted by atomic mass is 9.44. The van der Waals surface area contributed by atoms with Crippen molar-refractivity contribution in [2.45, 2.75) is 91.0 Å². The van der Waals surface area contributed by atoms with Crippen LogP contribution in [0.25, 0.3) is 0 Å². The lowest BCUT2D eigenvalue weighted by molar-refractivity contribution is -0.153. The maximum atomic E-state index is 13.7. The Balaban J connectivity index is 1.16. The minimum Gasteiger partial charge on any atom is -0.368 e. The van der Waals surface area contributed by atoms with Crippen molar-refractivity contribution in [1.29, 1.82) is 0 Å². The Morgan fingerprint density at radius 1 is 1.24 bits per heavy atom. The number of hydrogen-bond donors (Lipinski definition) is 3. The molecule has 0 aromatic heterocycles. The van der Waals surface area contributed by atoms with Crippen LogP contribution in [0.2, 0.25) is 0 Å². The summed E-state index contributed by atoms with van der Waals surface area (Å²) in [5, 5.41) is 8.81. The number of methoxy groups -OCH3 is 1. The summed E-state index contributed by atoms with van der Waals surface area (Å²) in [6.45, 7) is 1.91. The van der Waals surface area contributed by atoms with Gasteiger partial charge in [-0.3, -0.25) is 14.9 Å². The average Bonchev–Trinajstić information content (AvgIpc) is 3.01. The average molecular weight is 450 g/mol. The molecule has 3 N–H and O–H groups in total. The molecule has 1 saturated heterocycles. The molecular weight excluding hydrogens is 421 g/mol. The van der Waals surface area contributed by atoms with Crippen molar-refractivity contribution in [3.05, 3.63) is 0 Å². The fourth-order valence-corrected chi connectivity index (χ4v) is 6.51. The molecule has 0 aromatic rings. The Morgan fingerprint density at radius 3 is 2.55 bits per heavy atom. The number of alkyl halides is 2. The molecule has 1 heterocycles. The first-order valence-electron chi connectivity index (χ1n) is 10.2. The van der Waals surface area contributed by atoms with Crippen molar-refractivity contribution in [1.82, 2.24) is 16.0 Å². The minimum absolute atomic E-state index is 0.0215. The number of hydrogen-bond acceptors (Lipinski definition) is 6. The molecule has 29 heavy (non-hydrogen) atoms. The van der Waals surface area contributed by atoms with Crippen molar-refractivity contribution in [2.24, 2.45) is 0 Å². The number of carbonyl (C=O) groups excluding carboxylic acids is 2. The predicted molar refractivity (Wildman–Crippen MR) is 109 cm³/mol. The summed E-state index contributed by atoms with van der Waals surface area (Å²) in [7, 11) is 1.62. The number of rotatable bonds is 7. The van der Waals surface area contributed by atoms with Gasteiger partial charge >= 0.3 is 0 Å². The van der Waals surface area contributed by atoms with Gasteiger partial charge in [-0.2, -0.15) is 0 Å². The lowest BCUT2D eigenvalue weighted by Crippen LogP contribution is -2.84. The third kappa shape index (κ3) is 4.39. The van der Waals surface area contributed by atoms with E-state index in [1.54, 1.807) is 7.11 Å². The molecule has 2 bridgehead atoms. The zero-order valence-corrected chi connectivity index (χ0v) is 18.3. The molecule has 2 amide bonds. The van der Waals surface area contributed by atoms with Gasteiger partial charge in [0.05, 0.1) is 11.5 Å². The van der Waals surface area contributed by atoms with E-state index in [2.05, 4.69) is 16.0 Å². The molecule has 7 nitrogen and oxygen atoms in total. The van der Waals surface area contributed by atoms with Gasteiger partial charge in [-0.05, 0) is 39.0 Å². The summed E-state index contributed by atoms with van der Waals surface area (Å²) >= 11 is 7.36. The molecule has 0 radical (unpaired) electrons. The highest BCUT2D eigenvalue weighted by molar-refractivity contribution is 8.01. The highest BCUT2D eigenvalue weighted by atomic mass is 35.5. The van der Waals surface area contributed by atoms with Crippen molar-refractivity contribution >= 4 is 35.2 Å². The van der Waals surface area contributed by atoms with E-state index < -0.39 is 11.5 Å². The summed E-state index contributed by atoms with van der Waals surface area (Å²) in [4.78, 5) is 24.9. The van der Waals surface area contributed by atoms with E-state index in [1.165, 1.54) is 11.8 Å². The monoisotopic (exact) mass is 449 g/mol. The van der Waals surface area contributed by atoms with Crippen molar-refractivity contribution in [2.75, 3.05) is 13.7 Å². The van der Waals surface area contributed by atoms with E-state index in [9.17, 15) is 14.0 Å². The molecule has 5 rings (SSSR count). The molecule has 1 aliphatic heterocycles. The zero-order valence-electron chi connectivity index (χ0n) is 16.7. The molecule has 6 unspecified atom stereocenters. The molecule has 4 aliphatic carbocycles. The summed E-state index contributed by atoms with van der Waals surface area (Å²) in [5.41, 5.74) is -0.588. The topological polar surface area (TPSA) is 88.7 Å². The molecule has 5 fully saturated rings. The normalized spacial score (nSPS) is 45.8. The summed E-state index contributed by atoms with van der Waals surface area (Å²) in [6.07, 6.45) is 2.40. The Morgan fingerprint density at radius 2 is 1.93 bits per heavy atom. The largest absolute Gasteiger partial charge is 0.368 e. The van der Waals surface area contributed by atoms with Gasteiger partial charge in [-0.15, -0.1) is 11.6 Å². The van der Waals surface area contributed by atoms with Crippen LogP contribution in [0.3, 0.4) is 0 Å². The van der Waals surface area contributed by atoms with Crippen LogP contribution in [-0.4, -0.2) is 71.1 Å². The molecular formula is C19H29ClFN3O4S. The Labute approximate surface area is 179 Å². The molecule has 0 spiro atoms. The van der Waals surface area contributed by atoms with Gasteiger partial charge in [0.25, 0.3) is 0 Å². The first-order valence-corrected chi connectivity index (χ1v) is 11.6. The maximum absolute atomic E-state index is 13.7. The number of amides is 2. The number of ether oxygens (including phenoxy) is 2. The van der Waals surface area contributed by atoms with Crippen LogP contribution in [0.15, 0.2) is 0 Å². The predicted octanol–water partition coefficient (Wildman–Crippen LogP) is 1.43. The van der Waals surface area contributed by atoms with Crippen LogP contribution >= 0.6 is 23.4 Å². The minimum atomic E-state index is -1.07. The van der Waals surface area contributed by atoms with Crippen LogP contribution in [-0.2, 0) is 19.1 Å². The van der Waals surface area contributed by atoms with Crippen molar-refractivity contribution in [3.8, 4) is 0 Å². The van der Waals surface area contributed by atoms with Crippen LogP contribution in [0, 0.1) is 0 Å². The van der Waals surface area contributed by atoms with Gasteiger partial charge in [-0.25, -0.2) is 4.39 Å². The van der Waals surface area contributed by atoms with Crippen LogP contribution < -0.4 is 16.0 Å². The van der Waals surface area contributed by atoms with Crippen molar-refractivity contribution in [3.63, 3.8) is 0 Å². The van der Waals surface area contributed by atoms with Gasteiger partial charge in [0.1, 0.15) is 18.0 Å². The van der Waals surface area contributed by atoms with E-state index in [0.717, 1.165) is 19.3 Å². The fraction of sp³-hybridized carbons (Fsp3) is 0.895. The van der Waals surface area contributed by atoms with Gasteiger partial charge in [0.15, 0.2) is 5.56 Å². The Hall–Kier alpha value is -0.610. The fourth-order valence-electron chi connectivity index (χ4n) is 5.11. The van der Waals surface area contributed by atoms with E-state index >= 15 is 0 Å².